The zero-order chi connectivity index (χ0) is 15.0. The summed E-state index contributed by atoms with van der Waals surface area (Å²) < 4.78 is 0.902. The van der Waals surface area contributed by atoms with Crippen LogP contribution < -0.4 is 11.1 Å². The van der Waals surface area contributed by atoms with E-state index in [0.29, 0.717) is 16.8 Å². The van der Waals surface area contributed by atoms with Gasteiger partial charge in [0.2, 0.25) is 0 Å². The number of aromatic amines is 1. The molecule has 106 valence electrons. The number of benzene rings is 2. The van der Waals surface area contributed by atoms with Gasteiger partial charge in [0.15, 0.2) is 5.69 Å². The molecule has 2 aromatic carbocycles. The van der Waals surface area contributed by atoms with Gasteiger partial charge in [0.05, 0.1) is 5.52 Å². The Balaban J connectivity index is 1.97. The van der Waals surface area contributed by atoms with Gasteiger partial charge < -0.3 is 11.1 Å². The summed E-state index contributed by atoms with van der Waals surface area (Å²) in [5.41, 5.74) is 9.19. The molecule has 0 unspecified atom stereocenters. The lowest BCUT2D eigenvalue weighted by molar-refractivity contribution is 0.102. The highest BCUT2D eigenvalue weighted by Gasteiger charge is 2.15. The van der Waals surface area contributed by atoms with Crippen molar-refractivity contribution in [3.63, 3.8) is 0 Å². The van der Waals surface area contributed by atoms with Gasteiger partial charge in [-0.15, -0.1) is 0 Å². The van der Waals surface area contributed by atoms with Crippen molar-refractivity contribution < 1.29 is 4.79 Å². The maximum atomic E-state index is 12.4. The number of nitrogen functional groups attached to an aromatic ring is 1. The van der Waals surface area contributed by atoms with E-state index in [9.17, 15) is 4.79 Å². The number of fused-ring (bicyclic) bond motifs is 1. The van der Waals surface area contributed by atoms with Gasteiger partial charge >= 0.3 is 0 Å². The number of anilines is 2. The number of hydrogen-bond donors (Lipinski definition) is 3. The van der Waals surface area contributed by atoms with Gasteiger partial charge in [-0.2, -0.15) is 5.10 Å². The van der Waals surface area contributed by atoms with Gasteiger partial charge in [-0.05, 0) is 42.8 Å². The van der Waals surface area contributed by atoms with Gasteiger partial charge in [0, 0.05) is 21.2 Å². The molecular weight excluding hydrogens is 332 g/mol. The summed E-state index contributed by atoms with van der Waals surface area (Å²) in [4.78, 5) is 12.4. The van der Waals surface area contributed by atoms with Crippen molar-refractivity contribution >= 4 is 44.1 Å². The Hall–Kier alpha value is -2.34. The first-order chi connectivity index (χ1) is 10.0. The van der Waals surface area contributed by atoms with E-state index in [4.69, 9.17) is 5.73 Å². The van der Waals surface area contributed by atoms with Crippen molar-refractivity contribution in [3.8, 4) is 0 Å². The number of hydrogen-bond acceptors (Lipinski definition) is 3. The van der Waals surface area contributed by atoms with Crippen molar-refractivity contribution in [2.45, 2.75) is 6.92 Å². The van der Waals surface area contributed by atoms with E-state index in [1.165, 1.54) is 0 Å². The van der Waals surface area contributed by atoms with Gasteiger partial charge in [-0.25, -0.2) is 0 Å². The molecular formula is C15H13BrN4O. The van der Waals surface area contributed by atoms with Crippen molar-refractivity contribution in [2.75, 3.05) is 11.1 Å². The minimum Gasteiger partial charge on any atom is -0.399 e. The predicted octanol–water partition coefficient (Wildman–Crippen LogP) is 3.47. The molecule has 1 amide bonds. The minimum atomic E-state index is -0.270. The van der Waals surface area contributed by atoms with Crippen LogP contribution in [-0.4, -0.2) is 16.1 Å². The molecule has 6 heteroatoms. The highest BCUT2D eigenvalue weighted by atomic mass is 79.9. The average Bonchev–Trinajstić information content (AvgIpc) is 2.85. The molecule has 0 bridgehead atoms. The Labute approximate surface area is 129 Å². The lowest BCUT2D eigenvalue weighted by atomic mass is 10.1. The summed E-state index contributed by atoms with van der Waals surface area (Å²) in [5.74, 6) is -0.270. The van der Waals surface area contributed by atoms with Crippen LogP contribution in [0.2, 0.25) is 0 Å². The highest BCUT2D eigenvalue weighted by molar-refractivity contribution is 9.10. The molecule has 21 heavy (non-hydrogen) atoms. The van der Waals surface area contributed by atoms with Crippen molar-refractivity contribution in [2.24, 2.45) is 0 Å². The SMILES string of the molecule is Cc1ccc(Br)cc1NC(=O)c1n[nH]c2ccc(N)cc12. The van der Waals surface area contributed by atoms with E-state index in [1.54, 1.807) is 18.2 Å². The number of carbonyl (C=O) groups is 1. The smallest absolute Gasteiger partial charge is 0.276 e. The first-order valence-electron chi connectivity index (χ1n) is 6.36. The molecule has 0 saturated carbocycles. The Morgan fingerprint density at radius 3 is 2.90 bits per heavy atom. The number of carbonyl (C=O) groups excluding carboxylic acids is 1. The molecule has 0 aliphatic rings. The quantitative estimate of drug-likeness (QED) is 0.622. The maximum Gasteiger partial charge on any atom is 0.276 e. The highest BCUT2D eigenvalue weighted by Crippen LogP contribution is 2.23. The Bertz CT molecular complexity index is 841. The molecule has 0 saturated heterocycles. The number of amides is 1. The molecule has 4 N–H and O–H groups in total. The van der Waals surface area contributed by atoms with Crippen molar-refractivity contribution in [1.29, 1.82) is 0 Å². The Morgan fingerprint density at radius 1 is 1.29 bits per heavy atom. The summed E-state index contributed by atoms with van der Waals surface area (Å²) >= 11 is 3.39. The number of H-pyrrole nitrogens is 1. The second-order valence-corrected chi connectivity index (χ2v) is 5.71. The summed E-state index contributed by atoms with van der Waals surface area (Å²) in [5, 5.41) is 10.5. The maximum absolute atomic E-state index is 12.4. The van der Waals surface area contributed by atoms with Gasteiger partial charge in [-0.3, -0.25) is 9.89 Å². The van der Waals surface area contributed by atoms with Crippen LogP contribution >= 0.6 is 15.9 Å². The molecule has 3 rings (SSSR count). The normalized spacial score (nSPS) is 10.8. The lowest BCUT2D eigenvalue weighted by Gasteiger charge is -2.07. The monoisotopic (exact) mass is 344 g/mol. The van der Waals surface area contributed by atoms with Crippen molar-refractivity contribution in [1.82, 2.24) is 10.2 Å². The van der Waals surface area contributed by atoms with E-state index < -0.39 is 0 Å². The van der Waals surface area contributed by atoms with Crippen LogP contribution in [0.4, 0.5) is 11.4 Å². The van der Waals surface area contributed by atoms with E-state index in [-0.39, 0.29) is 5.91 Å². The number of aromatic nitrogens is 2. The molecule has 1 heterocycles. The second-order valence-electron chi connectivity index (χ2n) is 4.79. The van der Waals surface area contributed by atoms with Gasteiger partial charge in [0.1, 0.15) is 0 Å². The summed E-state index contributed by atoms with van der Waals surface area (Å²) in [6, 6.07) is 11.0. The number of nitrogens with one attached hydrogen (secondary N) is 2. The van der Waals surface area contributed by atoms with Crippen LogP contribution in [-0.2, 0) is 0 Å². The summed E-state index contributed by atoms with van der Waals surface area (Å²) in [6.45, 7) is 1.93. The summed E-state index contributed by atoms with van der Waals surface area (Å²) in [7, 11) is 0. The Morgan fingerprint density at radius 2 is 2.10 bits per heavy atom. The van der Waals surface area contributed by atoms with Gasteiger partial charge in [0.25, 0.3) is 5.91 Å². The standard InChI is InChI=1S/C15H13BrN4O/c1-8-2-3-9(16)6-13(8)18-15(21)14-11-7-10(17)4-5-12(11)19-20-14/h2-7H,17H2,1H3,(H,18,21)(H,19,20). The Kier molecular flexibility index (Phi) is 3.39. The van der Waals surface area contributed by atoms with Crippen molar-refractivity contribution in [3.05, 3.63) is 52.1 Å². The molecule has 5 nitrogen and oxygen atoms in total. The average molecular weight is 345 g/mol. The summed E-state index contributed by atoms with van der Waals surface area (Å²) in [6.07, 6.45) is 0. The molecule has 0 aliphatic heterocycles. The molecule has 3 aromatic rings. The number of rotatable bonds is 2. The van der Waals surface area contributed by atoms with Crippen LogP contribution in [0.5, 0.6) is 0 Å². The molecule has 0 fully saturated rings. The largest absolute Gasteiger partial charge is 0.399 e. The number of aryl methyl sites for hydroxylation is 1. The molecule has 1 aromatic heterocycles. The van der Waals surface area contributed by atoms with Gasteiger partial charge in [-0.1, -0.05) is 22.0 Å². The lowest BCUT2D eigenvalue weighted by Crippen LogP contribution is -2.13. The fourth-order valence-electron chi connectivity index (χ4n) is 2.12. The topological polar surface area (TPSA) is 83.8 Å². The second kappa shape index (κ2) is 5.21. The molecule has 0 aliphatic carbocycles. The molecule has 0 atom stereocenters. The van der Waals surface area contributed by atoms with Crippen LogP contribution in [0, 0.1) is 6.92 Å². The van der Waals surface area contributed by atoms with Crippen LogP contribution in [0.1, 0.15) is 16.1 Å². The zero-order valence-electron chi connectivity index (χ0n) is 11.3. The predicted molar refractivity (Wildman–Crippen MR) is 87.3 cm³/mol. The fraction of sp³-hybridized carbons (Fsp3) is 0.0667. The van der Waals surface area contributed by atoms with E-state index in [1.807, 2.05) is 25.1 Å². The first-order valence-corrected chi connectivity index (χ1v) is 7.15. The molecule has 0 spiro atoms. The van der Waals surface area contributed by atoms with E-state index in [2.05, 4.69) is 31.4 Å². The first kappa shape index (κ1) is 13.6. The zero-order valence-corrected chi connectivity index (χ0v) is 12.9. The fourth-order valence-corrected chi connectivity index (χ4v) is 2.48. The number of nitrogens with two attached hydrogens (primary N) is 1. The number of nitrogens with zero attached hydrogens (tertiary/aromatic N) is 1. The van der Waals surface area contributed by atoms with Crippen LogP contribution in [0.25, 0.3) is 10.9 Å². The number of halogens is 1. The van der Waals surface area contributed by atoms with E-state index >= 15 is 0 Å². The van der Waals surface area contributed by atoms with Crippen LogP contribution in [0.3, 0.4) is 0 Å². The third-order valence-corrected chi connectivity index (χ3v) is 3.74. The van der Waals surface area contributed by atoms with Crippen LogP contribution in [0.15, 0.2) is 40.9 Å². The third-order valence-electron chi connectivity index (χ3n) is 3.25. The molecule has 0 radical (unpaired) electrons. The third kappa shape index (κ3) is 2.62. The minimum absolute atomic E-state index is 0.270. The van der Waals surface area contributed by atoms with E-state index in [0.717, 1.165) is 21.2 Å².